The minimum atomic E-state index is -0.846. The van der Waals surface area contributed by atoms with Crippen LogP contribution >= 0.6 is 27.3 Å². The summed E-state index contributed by atoms with van der Waals surface area (Å²) in [5, 5.41) is 5.22. The number of amides is 1. The number of ether oxygens (including phenoxy) is 1. The maximum Gasteiger partial charge on any atom is 0.312 e. The second-order valence-corrected chi connectivity index (χ2v) is 11.9. The minimum Gasteiger partial charge on any atom is -0.452 e. The first-order chi connectivity index (χ1) is 14.3. The molecule has 1 aromatic carbocycles. The van der Waals surface area contributed by atoms with Crippen molar-refractivity contribution in [2.45, 2.75) is 55.9 Å². The predicted molar refractivity (Wildman–Crippen MR) is 121 cm³/mol. The number of esters is 1. The first-order valence-electron chi connectivity index (χ1n) is 10.6. The van der Waals surface area contributed by atoms with Crippen molar-refractivity contribution in [1.82, 2.24) is 4.98 Å². The summed E-state index contributed by atoms with van der Waals surface area (Å²) in [4.78, 5) is 30.3. The predicted octanol–water partition coefficient (Wildman–Crippen LogP) is 5.41. The monoisotopic (exact) mass is 488 g/mol. The molecule has 4 aliphatic carbocycles. The average molecular weight is 489 g/mol. The number of thiazole rings is 1. The molecule has 1 amide bonds. The van der Waals surface area contributed by atoms with Gasteiger partial charge in [0.25, 0.3) is 5.91 Å². The molecule has 2 aromatic rings. The number of aromatic nitrogens is 1. The fraction of sp³-hybridized carbons (Fsp3) is 0.522. The number of halogens is 1. The smallest absolute Gasteiger partial charge is 0.312 e. The van der Waals surface area contributed by atoms with E-state index in [1.165, 1.54) is 17.8 Å². The number of hydrogen-bond donors (Lipinski definition) is 1. The first-order valence-corrected chi connectivity index (χ1v) is 12.2. The molecule has 2 unspecified atom stereocenters. The Balaban J connectivity index is 1.23. The number of anilines is 1. The number of benzene rings is 1. The van der Waals surface area contributed by atoms with Gasteiger partial charge < -0.3 is 4.74 Å². The van der Waals surface area contributed by atoms with E-state index in [1.54, 1.807) is 6.92 Å². The van der Waals surface area contributed by atoms with Crippen LogP contribution in [0.15, 0.2) is 35.7 Å². The normalized spacial score (nSPS) is 32.6. The van der Waals surface area contributed by atoms with Crippen molar-refractivity contribution in [1.29, 1.82) is 0 Å². The Hall–Kier alpha value is -1.73. The van der Waals surface area contributed by atoms with Gasteiger partial charge >= 0.3 is 5.97 Å². The summed E-state index contributed by atoms with van der Waals surface area (Å²) >= 11 is 5.29. The number of alkyl halides is 1. The molecule has 7 heteroatoms. The van der Waals surface area contributed by atoms with Crippen LogP contribution in [0, 0.1) is 17.3 Å². The van der Waals surface area contributed by atoms with E-state index in [9.17, 15) is 9.59 Å². The molecule has 4 aliphatic rings. The molecule has 4 saturated carbocycles. The van der Waals surface area contributed by atoms with Crippen LogP contribution < -0.4 is 5.32 Å². The largest absolute Gasteiger partial charge is 0.452 e. The molecule has 1 heterocycles. The third-order valence-electron chi connectivity index (χ3n) is 6.88. The second kappa shape index (κ2) is 7.45. The molecule has 5 nitrogen and oxygen atoms in total. The lowest BCUT2D eigenvalue weighted by Gasteiger charge is -2.58. The van der Waals surface area contributed by atoms with E-state index >= 15 is 0 Å². The molecule has 158 valence electrons. The summed E-state index contributed by atoms with van der Waals surface area (Å²) in [6, 6.07) is 9.82. The van der Waals surface area contributed by atoms with Gasteiger partial charge in [0.05, 0.1) is 11.1 Å². The SMILES string of the molecule is C[C@H](OC(=O)C12C[C@@H]3C[C@@H](CC(Br)(C3)C1)C2)C(=O)Nc1nc(-c2ccccc2)cs1. The molecule has 30 heavy (non-hydrogen) atoms. The standard InChI is InChI=1S/C23H25BrN2O3S/c1-14(19(27)26-21-25-18(12-30-21)17-5-3-2-4-6-17)29-20(28)22-8-15-7-16(9-22)11-23(24,10-15)13-22/h2-6,12,14-16H,7-11,13H2,1H3,(H,25,26,27)/t14-,15-,16+,22?,23?/m0/s1. The zero-order chi connectivity index (χ0) is 20.9. The topological polar surface area (TPSA) is 68.3 Å². The van der Waals surface area contributed by atoms with E-state index in [4.69, 9.17) is 4.74 Å². The summed E-state index contributed by atoms with van der Waals surface area (Å²) in [7, 11) is 0. The lowest BCUT2D eigenvalue weighted by molar-refractivity contribution is -0.175. The number of nitrogens with one attached hydrogen (secondary N) is 1. The molecule has 0 radical (unpaired) electrons. The Morgan fingerprint density at radius 2 is 1.90 bits per heavy atom. The van der Waals surface area contributed by atoms with Crippen LogP contribution in [0.25, 0.3) is 11.3 Å². The highest BCUT2D eigenvalue weighted by Gasteiger charge is 2.60. The molecule has 0 spiro atoms. The van der Waals surface area contributed by atoms with Gasteiger partial charge in [0.2, 0.25) is 0 Å². The Kier molecular flexibility index (Phi) is 5.01. The van der Waals surface area contributed by atoms with Crippen LogP contribution in [-0.2, 0) is 14.3 Å². The van der Waals surface area contributed by atoms with Crippen molar-refractivity contribution in [2.24, 2.45) is 17.3 Å². The van der Waals surface area contributed by atoms with Crippen LogP contribution in [0.5, 0.6) is 0 Å². The van der Waals surface area contributed by atoms with Crippen molar-refractivity contribution >= 4 is 44.3 Å². The molecule has 4 bridgehead atoms. The van der Waals surface area contributed by atoms with E-state index in [2.05, 4.69) is 26.2 Å². The molecule has 6 rings (SSSR count). The van der Waals surface area contributed by atoms with Gasteiger partial charge in [-0.15, -0.1) is 11.3 Å². The highest BCUT2D eigenvalue weighted by Crippen LogP contribution is 2.64. The van der Waals surface area contributed by atoms with Gasteiger partial charge in [0.1, 0.15) is 0 Å². The second-order valence-electron chi connectivity index (χ2n) is 9.33. The van der Waals surface area contributed by atoms with Crippen molar-refractivity contribution in [3.05, 3.63) is 35.7 Å². The zero-order valence-electron chi connectivity index (χ0n) is 16.9. The van der Waals surface area contributed by atoms with Crippen molar-refractivity contribution in [2.75, 3.05) is 5.32 Å². The van der Waals surface area contributed by atoms with Crippen LogP contribution in [0.3, 0.4) is 0 Å². The van der Waals surface area contributed by atoms with Gasteiger partial charge in [-0.1, -0.05) is 46.3 Å². The molecule has 0 aliphatic heterocycles. The van der Waals surface area contributed by atoms with Crippen molar-refractivity contribution in [3.8, 4) is 11.3 Å². The summed E-state index contributed by atoms with van der Waals surface area (Å²) < 4.78 is 5.79. The van der Waals surface area contributed by atoms with Crippen molar-refractivity contribution in [3.63, 3.8) is 0 Å². The molecule has 5 atom stereocenters. The van der Waals surface area contributed by atoms with Crippen LogP contribution in [0.2, 0.25) is 0 Å². The first kappa shape index (κ1) is 20.2. The maximum atomic E-state index is 13.2. The molecule has 1 aromatic heterocycles. The van der Waals surface area contributed by atoms with E-state index in [-0.39, 0.29) is 16.2 Å². The summed E-state index contributed by atoms with van der Waals surface area (Å²) in [5.74, 6) is 0.644. The minimum absolute atomic E-state index is 0.0797. The molecular weight excluding hydrogens is 464 g/mol. The number of carbonyl (C=O) groups excluding carboxylic acids is 2. The molecule has 4 fully saturated rings. The quantitative estimate of drug-likeness (QED) is 0.450. The highest BCUT2D eigenvalue weighted by atomic mass is 79.9. The van der Waals surface area contributed by atoms with Crippen LogP contribution in [0.1, 0.15) is 45.4 Å². The van der Waals surface area contributed by atoms with Crippen LogP contribution in [-0.4, -0.2) is 27.3 Å². The van der Waals surface area contributed by atoms with Crippen molar-refractivity contribution < 1.29 is 14.3 Å². The van der Waals surface area contributed by atoms with Gasteiger partial charge in [-0.05, 0) is 57.3 Å². The molecule has 0 saturated heterocycles. The van der Waals surface area contributed by atoms with E-state index in [1.807, 2.05) is 35.7 Å². The van der Waals surface area contributed by atoms with E-state index in [0.29, 0.717) is 17.0 Å². The third-order valence-corrected chi connectivity index (χ3v) is 8.57. The summed E-state index contributed by atoms with van der Waals surface area (Å²) in [6.45, 7) is 1.64. The Morgan fingerprint density at radius 1 is 1.20 bits per heavy atom. The van der Waals surface area contributed by atoms with Gasteiger partial charge in [0, 0.05) is 15.3 Å². The summed E-state index contributed by atoms with van der Waals surface area (Å²) in [5.41, 5.74) is 1.39. The fourth-order valence-electron chi connectivity index (χ4n) is 6.01. The van der Waals surface area contributed by atoms with E-state index < -0.39 is 11.5 Å². The molecular formula is C23H25BrN2O3S. The number of nitrogens with zero attached hydrogens (tertiary/aromatic N) is 1. The van der Waals surface area contributed by atoms with Gasteiger partial charge in [-0.2, -0.15) is 0 Å². The highest BCUT2D eigenvalue weighted by molar-refractivity contribution is 9.10. The zero-order valence-corrected chi connectivity index (χ0v) is 19.3. The number of carbonyl (C=O) groups is 2. The lowest BCUT2D eigenvalue weighted by atomic mass is 9.49. The summed E-state index contributed by atoms with van der Waals surface area (Å²) in [6.07, 6.45) is 5.32. The fourth-order valence-corrected chi connectivity index (χ4v) is 8.18. The molecule has 1 N–H and O–H groups in total. The Bertz CT molecular complexity index is 962. The van der Waals surface area contributed by atoms with Gasteiger partial charge in [-0.3, -0.25) is 14.9 Å². The Morgan fingerprint density at radius 3 is 2.57 bits per heavy atom. The Labute approximate surface area is 188 Å². The number of hydrogen-bond acceptors (Lipinski definition) is 5. The van der Waals surface area contributed by atoms with Gasteiger partial charge in [-0.25, -0.2) is 4.98 Å². The maximum absolute atomic E-state index is 13.2. The van der Waals surface area contributed by atoms with Gasteiger partial charge in [0.15, 0.2) is 11.2 Å². The average Bonchev–Trinajstić information content (AvgIpc) is 3.15. The third kappa shape index (κ3) is 3.71. The number of rotatable bonds is 5. The van der Waals surface area contributed by atoms with Crippen LogP contribution in [0.4, 0.5) is 5.13 Å². The lowest BCUT2D eigenvalue weighted by Crippen LogP contribution is -2.56. The van der Waals surface area contributed by atoms with E-state index in [0.717, 1.165) is 43.4 Å².